The maximum atomic E-state index is 13.8. The van der Waals surface area contributed by atoms with Crippen molar-refractivity contribution in [3.8, 4) is 0 Å². The third-order valence-electron chi connectivity index (χ3n) is 5.31. The lowest BCUT2D eigenvalue weighted by atomic mass is 10.1. The number of aliphatic carboxylic acids is 1. The number of hydrogen-bond acceptors (Lipinski definition) is 5. The molecule has 1 aliphatic heterocycles. The zero-order valence-corrected chi connectivity index (χ0v) is 18.0. The van der Waals surface area contributed by atoms with Crippen LogP contribution < -0.4 is 4.90 Å². The highest BCUT2D eigenvalue weighted by molar-refractivity contribution is 8.03. The summed E-state index contributed by atoms with van der Waals surface area (Å²) in [6.07, 6.45) is 4.47. The molecular weight excluding hydrogens is 427 g/mol. The number of fused-ring (bicyclic) bond motifs is 4. The van der Waals surface area contributed by atoms with Crippen molar-refractivity contribution >= 4 is 51.4 Å². The van der Waals surface area contributed by atoms with E-state index in [2.05, 4.69) is 4.98 Å². The molecule has 0 saturated carbocycles. The molecule has 5 rings (SSSR count). The van der Waals surface area contributed by atoms with Crippen LogP contribution in [0.1, 0.15) is 19.2 Å². The van der Waals surface area contributed by atoms with Crippen molar-refractivity contribution in [2.45, 2.75) is 18.2 Å². The molecule has 7 heteroatoms. The number of hydrogen-bond donors (Lipinski definition) is 1. The molecule has 0 saturated heterocycles. The van der Waals surface area contributed by atoms with Crippen LogP contribution in [-0.2, 0) is 4.79 Å². The second-order valence-electron chi connectivity index (χ2n) is 7.43. The molecule has 0 radical (unpaired) electrons. The molecule has 0 spiro atoms. The van der Waals surface area contributed by atoms with Crippen LogP contribution in [0.3, 0.4) is 0 Å². The topological polar surface area (TPSA) is 66.6 Å². The number of benzene rings is 3. The van der Waals surface area contributed by atoms with Crippen LogP contribution in [0.2, 0.25) is 0 Å². The standard InChI is InChI=1S/C25H19FN2O3S/c1-2-15(11-22-27-25-18-6-4-3-5-16(18)7-9-20(25)31-22)12-23-28(14-24(29)30)19-13-17(26)8-10-21(19)32-23/h3-13H,2,14H2,1H3,(H,29,30)/b15-11+,23-12-. The molecule has 0 atom stereocenters. The Hall–Kier alpha value is -3.58. The van der Waals surface area contributed by atoms with E-state index in [0.717, 1.165) is 31.8 Å². The van der Waals surface area contributed by atoms with Crippen molar-refractivity contribution in [1.82, 2.24) is 4.98 Å². The average molecular weight is 447 g/mol. The zero-order chi connectivity index (χ0) is 22.2. The predicted octanol–water partition coefficient (Wildman–Crippen LogP) is 6.45. The van der Waals surface area contributed by atoms with Gasteiger partial charge in [-0.2, -0.15) is 0 Å². The van der Waals surface area contributed by atoms with E-state index < -0.39 is 11.8 Å². The first-order valence-corrected chi connectivity index (χ1v) is 11.0. The molecule has 0 bridgehead atoms. The minimum atomic E-state index is -0.985. The van der Waals surface area contributed by atoms with Crippen LogP contribution in [0.25, 0.3) is 27.9 Å². The van der Waals surface area contributed by atoms with Gasteiger partial charge in [0.15, 0.2) is 5.58 Å². The Labute approximate surface area is 187 Å². The number of nitrogens with zero attached hydrogens (tertiary/aromatic N) is 2. The van der Waals surface area contributed by atoms with E-state index in [-0.39, 0.29) is 6.54 Å². The summed E-state index contributed by atoms with van der Waals surface area (Å²) < 4.78 is 19.8. The van der Waals surface area contributed by atoms with Crippen molar-refractivity contribution in [1.29, 1.82) is 0 Å². The molecule has 1 aromatic heterocycles. The Bertz CT molecular complexity index is 1420. The number of carboxylic acid groups (broad SMARTS) is 1. The van der Waals surface area contributed by atoms with E-state index in [0.29, 0.717) is 23.6 Å². The second kappa shape index (κ2) is 8.16. The largest absolute Gasteiger partial charge is 0.480 e. The van der Waals surface area contributed by atoms with E-state index in [4.69, 9.17) is 4.42 Å². The van der Waals surface area contributed by atoms with Crippen LogP contribution in [-0.4, -0.2) is 22.6 Å². The Balaban J connectivity index is 1.54. The van der Waals surface area contributed by atoms with Gasteiger partial charge in [-0.3, -0.25) is 4.79 Å². The summed E-state index contributed by atoms with van der Waals surface area (Å²) in [5.74, 6) is -0.895. The second-order valence-corrected chi connectivity index (χ2v) is 8.50. The lowest BCUT2D eigenvalue weighted by Crippen LogP contribution is -2.25. The van der Waals surface area contributed by atoms with Crippen molar-refractivity contribution in [3.05, 3.63) is 83.0 Å². The SMILES string of the molecule is CCC(/C=C1\Sc2ccc(F)cc2N1CC(=O)O)=C\c1nc2c(ccc3ccccc32)o1. The van der Waals surface area contributed by atoms with Gasteiger partial charge in [0.05, 0.1) is 10.7 Å². The minimum absolute atomic E-state index is 0.249. The molecule has 4 aromatic rings. The zero-order valence-electron chi connectivity index (χ0n) is 17.2. The fraction of sp³-hybridized carbons (Fsp3) is 0.120. The highest BCUT2D eigenvalue weighted by atomic mass is 32.2. The summed E-state index contributed by atoms with van der Waals surface area (Å²) in [6.45, 7) is 1.76. The fourth-order valence-electron chi connectivity index (χ4n) is 3.78. The van der Waals surface area contributed by atoms with Crippen molar-refractivity contribution in [2.75, 3.05) is 11.4 Å². The molecular formula is C25H19FN2O3S. The van der Waals surface area contributed by atoms with Crippen LogP contribution >= 0.6 is 11.8 Å². The fourth-order valence-corrected chi connectivity index (χ4v) is 4.90. The van der Waals surface area contributed by atoms with Crippen molar-refractivity contribution in [2.24, 2.45) is 0 Å². The monoisotopic (exact) mass is 446 g/mol. The molecule has 0 fully saturated rings. The highest BCUT2D eigenvalue weighted by Crippen LogP contribution is 2.46. The Morgan fingerprint density at radius 1 is 1.22 bits per heavy atom. The summed E-state index contributed by atoms with van der Waals surface area (Å²) in [6, 6.07) is 16.4. The van der Waals surface area contributed by atoms with Crippen LogP contribution in [0.15, 0.2) is 80.6 Å². The Morgan fingerprint density at radius 3 is 2.88 bits per heavy atom. The third kappa shape index (κ3) is 3.76. The third-order valence-corrected chi connectivity index (χ3v) is 6.42. The number of rotatable bonds is 5. The van der Waals surface area contributed by atoms with Crippen LogP contribution in [0.5, 0.6) is 0 Å². The van der Waals surface area contributed by atoms with E-state index in [1.54, 1.807) is 11.0 Å². The van der Waals surface area contributed by atoms with Gasteiger partial charge in [-0.15, -0.1) is 0 Å². The number of thioether (sulfide) groups is 1. The van der Waals surface area contributed by atoms with Gasteiger partial charge in [0.25, 0.3) is 0 Å². The number of carbonyl (C=O) groups is 1. The first-order valence-electron chi connectivity index (χ1n) is 10.2. The van der Waals surface area contributed by atoms with Crippen molar-refractivity contribution in [3.63, 3.8) is 0 Å². The summed E-state index contributed by atoms with van der Waals surface area (Å²) in [7, 11) is 0. The molecule has 0 aliphatic carbocycles. The molecule has 1 aliphatic rings. The first kappa shape index (κ1) is 20.3. The number of halogens is 1. The highest BCUT2D eigenvalue weighted by Gasteiger charge is 2.27. The number of aromatic nitrogens is 1. The maximum Gasteiger partial charge on any atom is 0.323 e. The molecule has 0 unspecified atom stereocenters. The normalized spacial score (nSPS) is 15.1. The lowest BCUT2D eigenvalue weighted by molar-refractivity contribution is -0.135. The first-order chi connectivity index (χ1) is 15.5. The van der Waals surface area contributed by atoms with Gasteiger partial charge in [0.2, 0.25) is 5.89 Å². The van der Waals surface area contributed by atoms with E-state index in [9.17, 15) is 14.3 Å². The molecule has 2 heterocycles. The average Bonchev–Trinajstić information content (AvgIpc) is 3.34. The van der Waals surface area contributed by atoms with Gasteiger partial charge < -0.3 is 14.4 Å². The smallest absolute Gasteiger partial charge is 0.323 e. The molecule has 1 N–H and O–H groups in total. The van der Waals surface area contributed by atoms with Gasteiger partial charge in [0.1, 0.15) is 17.9 Å². The Morgan fingerprint density at radius 2 is 2.06 bits per heavy atom. The number of anilines is 1. The van der Waals surface area contributed by atoms with Crippen LogP contribution in [0, 0.1) is 5.82 Å². The van der Waals surface area contributed by atoms with E-state index >= 15 is 0 Å². The summed E-state index contributed by atoms with van der Waals surface area (Å²) in [4.78, 5) is 18.6. The van der Waals surface area contributed by atoms with E-state index in [1.165, 1.54) is 23.9 Å². The summed E-state index contributed by atoms with van der Waals surface area (Å²) in [5, 5.41) is 12.2. The van der Waals surface area contributed by atoms with Gasteiger partial charge in [-0.1, -0.05) is 49.0 Å². The Kier molecular flexibility index (Phi) is 5.19. The lowest BCUT2D eigenvalue weighted by Gasteiger charge is -2.18. The van der Waals surface area contributed by atoms with Crippen molar-refractivity contribution < 1.29 is 18.7 Å². The van der Waals surface area contributed by atoms with Gasteiger partial charge >= 0.3 is 5.97 Å². The molecule has 5 nitrogen and oxygen atoms in total. The maximum absolute atomic E-state index is 13.8. The number of allylic oxidation sites excluding steroid dienone is 2. The van der Waals surface area contributed by atoms with Gasteiger partial charge in [0, 0.05) is 16.4 Å². The molecule has 160 valence electrons. The van der Waals surface area contributed by atoms with Crippen LogP contribution in [0.4, 0.5) is 10.1 Å². The molecule has 3 aromatic carbocycles. The molecule has 32 heavy (non-hydrogen) atoms. The molecule has 0 amide bonds. The summed E-state index contributed by atoms with van der Waals surface area (Å²) >= 11 is 1.42. The number of oxazole rings is 1. The predicted molar refractivity (Wildman–Crippen MR) is 125 cm³/mol. The minimum Gasteiger partial charge on any atom is -0.480 e. The van der Waals surface area contributed by atoms with E-state index in [1.807, 2.05) is 55.5 Å². The number of carboxylic acids is 1. The summed E-state index contributed by atoms with van der Waals surface area (Å²) in [5.41, 5.74) is 3.01. The van der Waals surface area contributed by atoms with Gasteiger partial charge in [-0.05, 0) is 47.7 Å². The quantitative estimate of drug-likeness (QED) is 0.380. The van der Waals surface area contributed by atoms with Gasteiger partial charge in [-0.25, -0.2) is 9.37 Å².